The number of nitrogens with zero attached hydrogens (tertiary/aromatic N) is 1. The Morgan fingerprint density at radius 2 is 1.95 bits per heavy atom. The van der Waals surface area contributed by atoms with Gasteiger partial charge < -0.3 is 29.6 Å². The zero-order chi connectivity index (χ0) is 25.8. The van der Waals surface area contributed by atoms with Crippen LogP contribution in [0.1, 0.15) is 29.5 Å². The molecule has 5 rings (SSSR count). The molecule has 2 aliphatic heterocycles. The van der Waals surface area contributed by atoms with Crippen LogP contribution in [0.25, 0.3) is 11.1 Å². The maximum Gasteiger partial charge on any atom is 0.236 e. The van der Waals surface area contributed by atoms with E-state index in [1.807, 2.05) is 30.3 Å². The van der Waals surface area contributed by atoms with Crippen LogP contribution in [0.3, 0.4) is 0 Å². The van der Waals surface area contributed by atoms with Gasteiger partial charge in [-0.05, 0) is 53.8 Å². The van der Waals surface area contributed by atoms with E-state index in [-0.39, 0.29) is 11.9 Å². The van der Waals surface area contributed by atoms with E-state index in [0.29, 0.717) is 56.1 Å². The molecule has 2 N–H and O–H groups in total. The number of rotatable bonds is 9. The van der Waals surface area contributed by atoms with Crippen LogP contribution < -0.4 is 29.6 Å². The number of hydrogen-bond donors (Lipinski definition) is 2. The summed E-state index contributed by atoms with van der Waals surface area (Å²) >= 11 is 6.53. The maximum absolute atomic E-state index is 11.4. The highest BCUT2D eigenvalue weighted by Crippen LogP contribution is 2.36. The highest BCUT2D eigenvalue weighted by molar-refractivity contribution is 6.31. The number of pyridine rings is 1. The van der Waals surface area contributed by atoms with Crippen LogP contribution in [-0.2, 0) is 17.9 Å². The lowest BCUT2D eigenvalue weighted by Gasteiger charge is -2.20. The highest BCUT2D eigenvalue weighted by atomic mass is 35.5. The van der Waals surface area contributed by atoms with Crippen molar-refractivity contribution in [2.75, 3.05) is 26.9 Å². The Balaban J connectivity index is 1.27. The first-order valence-corrected chi connectivity index (χ1v) is 12.7. The smallest absolute Gasteiger partial charge is 0.236 e. The first-order chi connectivity index (χ1) is 18.0. The van der Waals surface area contributed by atoms with Crippen molar-refractivity contribution in [2.24, 2.45) is 0 Å². The van der Waals surface area contributed by atoms with Crippen LogP contribution >= 0.6 is 11.6 Å². The van der Waals surface area contributed by atoms with Crippen molar-refractivity contribution in [2.45, 2.75) is 39.0 Å². The van der Waals surface area contributed by atoms with E-state index >= 15 is 0 Å². The number of nitrogens with one attached hydrogen (secondary N) is 2. The van der Waals surface area contributed by atoms with Crippen molar-refractivity contribution in [3.8, 4) is 34.4 Å². The molecule has 194 valence electrons. The van der Waals surface area contributed by atoms with E-state index in [2.05, 4.69) is 28.6 Å². The molecule has 0 saturated carbocycles. The predicted octanol–water partition coefficient (Wildman–Crippen LogP) is 4.44. The first kappa shape index (κ1) is 25.2. The molecular formula is C28H30ClN3O5. The van der Waals surface area contributed by atoms with Gasteiger partial charge in [0.05, 0.1) is 7.11 Å². The van der Waals surface area contributed by atoms with Gasteiger partial charge >= 0.3 is 0 Å². The Kier molecular flexibility index (Phi) is 7.67. The molecule has 3 aromatic rings. The average Bonchev–Trinajstić information content (AvgIpc) is 3.33. The van der Waals surface area contributed by atoms with Gasteiger partial charge in [0.1, 0.15) is 24.8 Å². The normalized spacial score (nSPS) is 16.4. The summed E-state index contributed by atoms with van der Waals surface area (Å²) in [5.74, 6) is 2.39. The Morgan fingerprint density at radius 3 is 2.73 bits per heavy atom. The van der Waals surface area contributed by atoms with Gasteiger partial charge in [-0.25, -0.2) is 0 Å². The highest BCUT2D eigenvalue weighted by Gasteiger charge is 2.21. The second-order valence-electron chi connectivity index (χ2n) is 9.11. The number of fused-ring (bicyclic) bond motifs is 1. The second kappa shape index (κ2) is 11.3. The van der Waals surface area contributed by atoms with E-state index < -0.39 is 0 Å². The number of carbonyl (C=O) groups excluding carboxylic acids is 1. The molecule has 3 heterocycles. The third-order valence-electron chi connectivity index (χ3n) is 6.63. The Bertz CT molecular complexity index is 1300. The minimum Gasteiger partial charge on any atom is -0.486 e. The molecule has 0 aliphatic carbocycles. The van der Waals surface area contributed by atoms with Gasteiger partial charge in [0.15, 0.2) is 11.5 Å². The van der Waals surface area contributed by atoms with E-state index in [0.717, 1.165) is 45.7 Å². The molecule has 0 bridgehead atoms. The molecule has 0 radical (unpaired) electrons. The molecule has 0 unspecified atom stereocenters. The fourth-order valence-electron chi connectivity index (χ4n) is 4.62. The zero-order valence-corrected chi connectivity index (χ0v) is 21.7. The standard InChI is InChI=1S/C28H30ClN3O5/c1-17-19(4-3-5-22(17)18-6-8-24-25(13-18)36-11-10-35-24)16-37-28-23(29)12-20(27(32-28)34-2)14-30-15-21-7-9-26(33)31-21/h3-6,8,12-13,21,30H,7,9-11,14-16H2,1-2H3,(H,31,33)/t21-/m0/s1. The maximum atomic E-state index is 11.4. The first-order valence-electron chi connectivity index (χ1n) is 12.4. The van der Waals surface area contributed by atoms with Gasteiger partial charge in [-0.2, -0.15) is 4.98 Å². The van der Waals surface area contributed by atoms with Crippen LogP contribution in [0.2, 0.25) is 5.02 Å². The number of carbonyl (C=O) groups is 1. The van der Waals surface area contributed by atoms with Gasteiger partial charge in [0.2, 0.25) is 17.7 Å². The minimum absolute atomic E-state index is 0.0997. The van der Waals surface area contributed by atoms with Crippen molar-refractivity contribution in [3.63, 3.8) is 0 Å². The molecule has 1 amide bonds. The molecule has 1 fully saturated rings. The molecule has 1 atom stereocenters. The van der Waals surface area contributed by atoms with E-state index in [1.165, 1.54) is 0 Å². The quantitative estimate of drug-likeness (QED) is 0.428. The number of aromatic nitrogens is 1. The molecule has 2 aliphatic rings. The molecular weight excluding hydrogens is 494 g/mol. The summed E-state index contributed by atoms with van der Waals surface area (Å²) in [6.07, 6.45) is 1.41. The van der Waals surface area contributed by atoms with Crippen molar-refractivity contribution in [3.05, 3.63) is 64.2 Å². The Hall–Kier alpha value is -3.49. The third-order valence-corrected chi connectivity index (χ3v) is 6.90. The van der Waals surface area contributed by atoms with Gasteiger partial charge in [-0.3, -0.25) is 4.79 Å². The molecule has 8 nitrogen and oxygen atoms in total. The largest absolute Gasteiger partial charge is 0.486 e. The van der Waals surface area contributed by atoms with Crippen molar-refractivity contribution in [1.29, 1.82) is 0 Å². The lowest BCUT2D eigenvalue weighted by molar-refractivity contribution is -0.119. The van der Waals surface area contributed by atoms with E-state index in [1.54, 1.807) is 13.2 Å². The predicted molar refractivity (Wildman–Crippen MR) is 141 cm³/mol. The zero-order valence-electron chi connectivity index (χ0n) is 20.9. The topological polar surface area (TPSA) is 90.9 Å². The number of halogens is 1. The minimum atomic E-state index is 0.0997. The Morgan fingerprint density at radius 1 is 1.11 bits per heavy atom. The van der Waals surface area contributed by atoms with Crippen LogP contribution in [0, 0.1) is 6.92 Å². The summed E-state index contributed by atoms with van der Waals surface area (Å²) in [6.45, 7) is 4.68. The van der Waals surface area contributed by atoms with Crippen molar-refractivity contribution >= 4 is 17.5 Å². The molecule has 9 heteroatoms. The summed E-state index contributed by atoms with van der Waals surface area (Å²) in [7, 11) is 1.57. The lowest BCUT2D eigenvalue weighted by Crippen LogP contribution is -2.35. The summed E-state index contributed by atoms with van der Waals surface area (Å²) in [4.78, 5) is 15.9. The SMILES string of the molecule is COc1nc(OCc2cccc(-c3ccc4c(c3)OCCO4)c2C)c(Cl)cc1CNC[C@@H]1CCC(=O)N1. The van der Waals surface area contributed by atoms with Crippen LogP contribution in [0.15, 0.2) is 42.5 Å². The van der Waals surface area contributed by atoms with Crippen LogP contribution in [-0.4, -0.2) is 43.8 Å². The molecule has 2 aromatic carbocycles. The second-order valence-corrected chi connectivity index (χ2v) is 9.52. The molecule has 1 saturated heterocycles. The van der Waals surface area contributed by atoms with Crippen LogP contribution in [0.5, 0.6) is 23.3 Å². The summed E-state index contributed by atoms with van der Waals surface area (Å²) < 4.78 is 22.9. The van der Waals surface area contributed by atoms with E-state index in [4.69, 9.17) is 30.5 Å². The average molecular weight is 524 g/mol. The van der Waals surface area contributed by atoms with Gasteiger partial charge in [0.25, 0.3) is 0 Å². The summed E-state index contributed by atoms with van der Waals surface area (Å²) in [6, 6.07) is 14.1. The lowest BCUT2D eigenvalue weighted by atomic mass is 9.96. The van der Waals surface area contributed by atoms with Crippen molar-refractivity contribution in [1.82, 2.24) is 15.6 Å². The molecule has 37 heavy (non-hydrogen) atoms. The number of benzene rings is 2. The van der Waals surface area contributed by atoms with Crippen LogP contribution in [0.4, 0.5) is 0 Å². The fraction of sp³-hybridized carbons (Fsp3) is 0.357. The number of ether oxygens (including phenoxy) is 4. The van der Waals surface area contributed by atoms with Gasteiger partial charge in [-0.1, -0.05) is 35.9 Å². The number of amides is 1. The summed E-state index contributed by atoms with van der Waals surface area (Å²) in [5.41, 5.74) is 5.08. The molecule has 0 spiro atoms. The van der Waals surface area contributed by atoms with Gasteiger partial charge in [0, 0.05) is 31.1 Å². The van der Waals surface area contributed by atoms with Crippen molar-refractivity contribution < 1.29 is 23.7 Å². The number of methoxy groups -OCH3 is 1. The Labute approximate surface area is 221 Å². The number of hydrogen-bond acceptors (Lipinski definition) is 7. The van der Waals surface area contributed by atoms with Gasteiger partial charge in [-0.15, -0.1) is 0 Å². The monoisotopic (exact) mass is 523 g/mol. The summed E-state index contributed by atoms with van der Waals surface area (Å²) in [5, 5.41) is 6.70. The molecule has 1 aromatic heterocycles. The fourth-order valence-corrected chi connectivity index (χ4v) is 4.85. The van der Waals surface area contributed by atoms with E-state index in [9.17, 15) is 4.79 Å². The third kappa shape index (κ3) is 5.76.